The second kappa shape index (κ2) is 5.75. The minimum Gasteiger partial charge on any atom is -0.310 e. The average molecular weight is 276 g/mol. The standard InChI is InChI=1S/C14H20N4S/c1-14(2,3)11-9-19-12(18-11)8-10(15-4)13-16-6-5-7-17-13/h5-7,9-10,15H,8H2,1-4H3. The Bertz CT molecular complexity index is 516. The summed E-state index contributed by atoms with van der Waals surface area (Å²) in [6.45, 7) is 6.55. The molecule has 0 fully saturated rings. The number of rotatable bonds is 4. The van der Waals surface area contributed by atoms with Gasteiger partial charge in [0.05, 0.1) is 16.7 Å². The second-order valence-corrected chi connectivity index (χ2v) is 6.47. The molecule has 0 bridgehead atoms. The Morgan fingerprint density at radius 3 is 2.47 bits per heavy atom. The lowest BCUT2D eigenvalue weighted by atomic mass is 9.93. The molecule has 2 rings (SSSR count). The summed E-state index contributed by atoms with van der Waals surface area (Å²) in [6.07, 6.45) is 4.37. The molecule has 5 heteroatoms. The highest BCUT2D eigenvalue weighted by molar-refractivity contribution is 7.09. The van der Waals surface area contributed by atoms with Gasteiger partial charge in [-0.05, 0) is 13.1 Å². The molecule has 0 amide bonds. The third-order valence-electron chi connectivity index (χ3n) is 2.94. The van der Waals surface area contributed by atoms with Gasteiger partial charge in [-0.3, -0.25) is 0 Å². The fourth-order valence-electron chi connectivity index (χ4n) is 1.74. The molecule has 19 heavy (non-hydrogen) atoms. The van der Waals surface area contributed by atoms with E-state index in [1.165, 1.54) is 0 Å². The van der Waals surface area contributed by atoms with Crippen LogP contribution in [-0.2, 0) is 11.8 Å². The number of hydrogen-bond donors (Lipinski definition) is 1. The zero-order chi connectivity index (χ0) is 13.9. The van der Waals surface area contributed by atoms with Gasteiger partial charge in [0.1, 0.15) is 5.82 Å². The van der Waals surface area contributed by atoms with Gasteiger partial charge in [0.15, 0.2) is 0 Å². The van der Waals surface area contributed by atoms with Gasteiger partial charge < -0.3 is 5.32 Å². The first kappa shape index (κ1) is 14.1. The molecule has 0 spiro atoms. The molecule has 4 nitrogen and oxygen atoms in total. The molecular formula is C14H20N4S. The lowest BCUT2D eigenvalue weighted by molar-refractivity contribution is 0.544. The van der Waals surface area contributed by atoms with Crippen LogP contribution in [0, 0.1) is 0 Å². The monoisotopic (exact) mass is 276 g/mol. The third kappa shape index (κ3) is 3.58. The Morgan fingerprint density at radius 1 is 1.26 bits per heavy atom. The Hall–Kier alpha value is -1.33. The van der Waals surface area contributed by atoms with E-state index in [0.717, 1.165) is 22.9 Å². The summed E-state index contributed by atoms with van der Waals surface area (Å²) < 4.78 is 0. The molecular weight excluding hydrogens is 256 g/mol. The van der Waals surface area contributed by atoms with Crippen LogP contribution in [0.15, 0.2) is 23.8 Å². The first-order chi connectivity index (χ1) is 9.00. The van der Waals surface area contributed by atoms with Crippen LogP contribution < -0.4 is 5.32 Å². The summed E-state index contributed by atoms with van der Waals surface area (Å²) in [5.74, 6) is 0.817. The summed E-state index contributed by atoms with van der Waals surface area (Å²) in [4.78, 5) is 13.3. The highest BCUT2D eigenvalue weighted by Crippen LogP contribution is 2.25. The Balaban J connectivity index is 2.13. The van der Waals surface area contributed by atoms with Crippen LogP contribution in [0.3, 0.4) is 0 Å². The van der Waals surface area contributed by atoms with Gasteiger partial charge in [-0.25, -0.2) is 15.0 Å². The quantitative estimate of drug-likeness (QED) is 0.933. The molecule has 0 aliphatic heterocycles. The molecule has 0 saturated heterocycles. The molecule has 2 aromatic heterocycles. The van der Waals surface area contributed by atoms with Gasteiger partial charge in [0, 0.05) is 29.6 Å². The van der Waals surface area contributed by atoms with Crippen molar-refractivity contribution >= 4 is 11.3 Å². The molecule has 2 heterocycles. The summed E-state index contributed by atoms with van der Waals surface area (Å²) >= 11 is 1.71. The van der Waals surface area contributed by atoms with Crippen molar-refractivity contribution < 1.29 is 0 Å². The van der Waals surface area contributed by atoms with Crippen molar-refractivity contribution in [1.82, 2.24) is 20.3 Å². The molecule has 2 aromatic rings. The Kier molecular flexibility index (Phi) is 4.27. The predicted molar refractivity (Wildman–Crippen MR) is 78.4 cm³/mol. The highest BCUT2D eigenvalue weighted by Gasteiger charge is 2.20. The van der Waals surface area contributed by atoms with Crippen molar-refractivity contribution in [3.63, 3.8) is 0 Å². The third-order valence-corrected chi connectivity index (χ3v) is 3.82. The SMILES string of the molecule is CNC(Cc1nc(C(C)(C)C)cs1)c1ncccn1. The highest BCUT2D eigenvalue weighted by atomic mass is 32.1. The maximum absolute atomic E-state index is 4.72. The normalized spacial score (nSPS) is 13.5. The van der Waals surface area contributed by atoms with Crippen LogP contribution in [0.5, 0.6) is 0 Å². The smallest absolute Gasteiger partial charge is 0.145 e. The lowest BCUT2D eigenvalue weighted by Gasteiger charge is -2.15. The van der Waals surface area contributed by atoms with E-state index in [-0.39, 0.29) is 11.5 Å². The molecule has 0 aliphatic carbocycles. The van der Waals surface area contributed by atoms with Crippen molar-refractivity contribution in [2.75, 3.05) is 7.05 Å². The number of likely N-dealkylation sites (N-methyl/N-ethyl adjacent to an activating group) is 1. The second-order valence-electron chi connectivity index (χ2n) is 5.53. The van der Waals surface area contributed by atoms with Gasteiger partial charge in [-0.2, -0.15) is 0 Å². The van der Waals surface area contributed by atoms with Gasteiger partial charge in [0.25, 0.3) is 0 Å². The minimum absolute atomic E-state index is 0.104. The minimum atomic E-state index is 0.104. The van der Waals surface area contributed by atoms with Gasteiger partial charge in [0.2, 0.25) is 0 Å². The maximum atomic E-state index is 4.72. The fourth-order valence-corrected chi connectivity index (χ4v) is 2.80. The van der Waals surface area contributed by atoms with E-state index in [1.54, 1.807) is 23.7 Å². The van der Waals surface area contributed by atoms with Crippen molar-refractivity contribution in [2.24, 2.45) is 0 Å². The number of hydrogen-bond acceptors (Lipinski definition) is 5. The van der Waals surface area contributed by atoms with E-state index in [0.29, 0.717) is 0 Å². The Labute approximate surface area is 118 Å². The summed E-state index contributed by atoms with van der Waals surface area (Å²) in [6, 6.07) is 1.94. The van der Waals surface area contributed by atoms with E-state index >= 15 is 0 Å². The number of nitrogens with zero attached hydrogens (tertiary/aromatic N) is 3. The average Bonchev–Trinajstić information content (AvgIpc) is 2.85. The first-order valence-electron chi connectivity index (χ1n) is 6.40. The van der Waals surface area contributed by atoms with Crippen molar-refractivity contribution in [1.29, 1.82) is 0 Å². The molecule has 0 saturated carbocycles. The lowest BCUT2D eigenvalue weighted by Crippen LogP contribution is -2.21. The van der Waals surface area contributed by atoms with E-state index in [9.17, 15) is 0 Å². The van der Waals surface area contributed by atoms with E-state index < -0.39 is 0 Å². The zero-order valence-electron chi connectivity index (χ0n) is 11.8. The van der Waals surface area contributed by atoms with Crippen molar-refractivity contribution in [3.8, 4) is 0 Å². The van der Waals surface area contributed by atoms with Crippen LogP contribution in [-0.4, -0.2) is 22.0 Å². The van der Waals surface area contributed by atoms with Gasteiger partial charge >= 0.3 is 0 Å². The molecule has 0 aliphatic rings. The number of thiazole rings is 1. The van der Waals surface area contributed by atoms with Gasteiger partial charge in [-0.1, -0.05) is 20.8 Å². The zero-order valence-corrected chi connectivity index (χ0v) is 12.7. The molecule has 1 N–H and O–H groups in total. The molecule has 0 radical (unpaired) electrons. The van der Waals surface area contributed by atoms with E-state index in [4.69, 9.17) is 4.98 Å². The maximum Gasteiger partial charge on any atom is 0.145 e. The van der Waals surface area contributed by atoms with E-state index in [2.05, 4.69) is 41.4 Å². The topological polar surface area (TPSA) is 50.7 Å². The predicted octanol–water partition coefficient (Wildman–Crippen LogP) is 2.73. The number of nitrogens with one attached hydrogen (secondary N) is 1. The molecule has 102 valence electrons. The molecule has 0 aromatic carbocycles. The van der Waals surface area contributed by atoms with Gasteiger partial charge in [-0.15, -0.1) is 11.3 Å². The summed E-state index contributed by atoms with van der Waals surface area (Å²) in [5.41, 5.74) is 1.25. The van der Waals surface area contributed by atoms with Crippen molar-refractivity contribution in [3.05, 3.63) is 40.4 Å². The largest absolute Gasteiger partial charge is 0.310 e. The van der Waals surface area contributed by atoms with Crippen LogP contribution >= 0.6 is 11.3 Å². The van der Waals surface area contributed by atoms with Crippen LogP contribution in [0.2, 0.25) is 0 Å². The Morgan fingerprint density at radius 2 is 1.95 bits per heavy atom. The van der Waals surface area contributed by atoms with E-state index in [1.807, 2.05) is 13.1 Å². The van der Waals surface area contributed by atoms with Crippen LogP contribution in [0.25, 0.3) is 0 Å². The number of aromatic nitrogens is 3. The van der Waals surface area contributed by atoms with Crippen LogP contribution in [0.1, 0.15) is 43.3 Å². The van der Waals surface area contributed by atoms with Crippen LogP contribution in [0.4, 0.5) is 0 Å². The first-order valence-corrected chi connectivity index (χ1v) is 7.27. The fraction of sp³-hybridized carbons (Fsp3) is 0.500. The summed E-state index contributed by atoms with van der Waals surface area (Å²) in [5, 5.41) is 6.53. The molecule has 1 unspecified atom stereocenters. The summed E-state index contributed by atoms with van der Waals surface area (Å²) in [7, 11) is 1.93. The van der Waals surface area contributed by atoms with Crippen molar-refractivity contribution in [2.45, 2.75) is 38.6 Å². The molecule has 1 atom stereocenters.